The lowest BCUT2D eigenvalue weighted by Gasteiger charge is -2.55. The van der Waals surface area contributed by atoms with Gasteiger partial charge in [0.1, 0.15) is 0 Å². The van der Waals surface area contributed by atoms with Crippen LogP contribution in [0.3, 0.4) is 0 Å². The molecule has 16 heavy (non-hydrogen) atoms. The van der Waals surface area contributed by atoms with Gasteiger partial charge < -0.3 is 0 Å². The SMILES string of the molecule is CC(C)(C)C1(C(C)(C)C)CCNS(=O)(=O)C1. The first-order chi connectivity index (χ1) is 6.91. The molecule has 1 heterocycles. The quantitative estimate of drug-likeness (QED) is 0.714. The monoisotopic (exact) mass is 247 g/mol. The highest BCUT2D eigenvalue weighted by Gasteiger charge is 2.54. The van der Waals surface area contributed by atoms with Gasteiger partial charge in [-0.25, -0.2) is 13.1 Å². The molecule has 0 radical (unpaired) electrons. The van der Waals surface area contributed by atoms with Crippen molar-refractivity contribution in [2.75, 3.05) is 12.3 Å². The third kappa shape index (κ3) is 2.28. The molecule has 1 saturated heterocycles. The van der Waals surface area contributed by atoms with Crippen molar-refractivity contribution in [3.63, 3.8) is 0 Å². The van der Waals surface area contributed by atoms with E-state index in [1.165, 1.54) is 0 Å². The predicted octanol–water partition coefficient (Wildman–Crippen LogP) is 2.39. The first-order valence-electron chi connectivity index (χ1n) is 5.89. The molecule has 1 rings (SSSR count). The van der Waals surface area contributed by atoms with Crippen LogP contribution >= 0.6 is 0 Å². The lowest BCUT2D eigenvalue weighted by molar-refractivity contribution is -0.0208. The molecule has 1 fully saturated rings. The van der Waals surface area contributed by atoms with Crippen LogP contribution in [0.1, 0.15) is 48.0 Å². The highest BCUT2D eigenvalue weighted by molar-refractivity contribution is 7.89. The molecule has 0 atom stereocenters. The van der Waals surface area contributed by atoms with Crippen molar-refractivity contribution < 1.29 is 8.42 Å². The van der Waals surface area contributed by atoms with Crippen LogP contribution in [0, 0.1) is 16.2 Å². The van der Waals surface area contributed by atoms with Crippen molar-refractivity contribution in [1.82, 2.24) is 4.72 Å². The third-order valence-corrected chi connectivity index (χ3v) is 5.70. The van der Waals surface area contributed by atoms with Gasteiger partial charge in [0, 0.05) is 6.54 Å². The summed E-state index contributed by atoms with van der Waals surface area (Å²) in [5.74, 6) is 0.243. The van der Waals surface area contributed by atoms with Crippen LogP contribution in [0.25, 0.3) is 0 Å². The summed E-state index contributed by atoms with van der Waals surface area (Å²) in [6.07, 6.45) is 0.916. The van der Waals surface area contributed by atoms with Gasteiger partial charge in [0.15, 0.2) is 0 Å². The van der Waals surface area contributed by atoms with E-state index in [2.05, 4.69) is 46.3 Å². The maximum atomic E-state index is 11.8. The molecule has 0 aliphatic carbocycles. The second kappa shape index (κ2) is 3.70. The number of hydrogen-bond acceptors (Lipinski definition) is 2. The molecule has 0 bridgehead atoms. The molecule has 0 saturated carbocycles. The third-order valence-electron chi connectivity index (χ3n) is 4.18. The highest BCUT2D eigenvalue weighted by atomic mass is 32.2. The lowest BCUT2D eigenvalue weighted by Crippen LogP contribution is -2.57. The van der Waals surface area contributed by atoms with Gasteiger partial charge in [-0.1, -0.05) is 41.5 Å². The minimum Gasteiger partial charge on any atom is -0.215 e. The first kappa shape index (κ1) is 14.0. The van der Waals surface area contributed by atoms with Crippen LogP contribution in [0.5, 0.6) is 0 Å². The molecule has 1 aliphatic heterocycles. The normalized spacial score (nSPS) is 25.4. The zero-order valence-electron chi connectivity index (χ0n) is 11.3. The van der Waals surface area contributed by atoms with E-state index in [0.717, 1.165) is 6.42 Å². The molecule has 0 aromatic rings. The van der Waals surface area contributed by atoms with Crippen molar-refractivity contribution in [1.29, 1.82) is 0 Å². The van der Waals surface area contributed by atoms with Crippen molar-refractivity contribution in [3.05, 3.63) is 0 Å². The molecule has 0 unspecified atom stereocenters. The zero-order chi connectivity index (χ0) is 12.8. The summed E-state index contributed by atoms with van der Waals surface area (Å²) in [6, 6.07) is 0. The summed E-state index contributed by atoms with van der Waals surface area (Å²) in [4.78, 5) is 0. The molecule has 96 valence electrons. The lowest BCUT2D eigenvalue weighted by atomic mass is 9.53. The Bertz CT molecular complexity index is 343. The summed E-state index contributed by atoms with van der Waals surface area (Å²) in [6.45, 7) is 13.5. The zero-order valence-corrected chi connectivity index (χ0v) is 12.2. The highest BCUT2D eigenvalue weighted by Crippen LogP contribution is 2.55. The van der Waals surface area contributed by atoms with Crippen molar-refractivity contribution >= 4 is 10.0 Å². The van der Waals surface area contributed by atoms with E-state index < -0.39 is 10.0 Å². The van der Waals surface area contributed by atoms with E-state index in [1.54, 1.807) is 0 Å². The average molecular weight is 247 g/mol. The first-order valence-corrected chi connectivity index (χ1v) is 7.54. The van der Waals surface area contributed by atoms with Crippen LogP contribution in [0.2, 0.25) is 0 Å². The maximum absolute atomic E-state index is 11.8. The fourth-order valence-electron chi connectivity index (χ4n) is 3.18. The molecule has 0 aromatic heterocycles. The number of sulfonamides is 1. The van der Waals surface area contributed by atoms with Crippen LogP contribution in [0.15, 0.2) is 0 Å². The van der Waals surface area contributed by atoms with Gasteiger partial charge in [0.05, 0.1) is 5.75 Å². The summed E-state index contributed by atoms with van der Waals surface area (Å²) in [7, 11) is -3.11. The van der Waals surface area contributed by atoms with Gasteiger partial charge in [-0.2, -0.15) is 0 Å². The summed E-state index contributed by atoms with van der Waals surface area (Å²) in [5.41, 5.74) is -0.190. The Morgan fingerprint density at radius 2 is 1.44 bits per heavy atom. The second-order valence-electron chi connectivity index (χ2n) is 6.99. The van der Waals surface area contributed by atoms with Crippen LogP contribution in [0.4, 0.5) is 0 Å². The van der Waals surface area contributed by atoms with Gasteiger partial charge in [0.2, 0.25) is 10.0 Å². The van der Waals surface area contributed by atoms with Crippen LogP contribution in [-0.4, -0.2) is 20.7 Å². The Morgan fingerprint density at radius 1 is 1.00 bits per heavy atom. The molecule has 0 amide bonds. The Labute approximate surface area is 100 Å². The summed E-state index contributed by atoms with van der Waals surface area (Å²) < 4.78 is 26.3. The van der Waals surface area contributed by atoms with Crippen molar-refractivity contribution in [3.8, 4) is 0 Å². The minimum absolute atomic E-state index is 0.0135. The molecule has 1 aliphatic rings. The summed E-state index contributed by atoms with van der Waals surface area (Å²) in [5, 5.41) is 0. The topological polar surface area (TPSA) is 46.2 Å². The van der Waals surface area contributed by atoms with Gasteiger partial charge in [-0.3, -0.25) is 0 Å². The number of rotatable bonds is 0. The van der Waals surface area contributed by atoms with Crippen LogP contribution < -0.4 is 4.72 Å². The van der Waals surface area contributed by atoms with Gasteiger partial charge in [-0.15, -0.1) is 0 Å². The van der Waals surface area contributed by atoms with E-state index >= 15 is 0 Å². The average Bonchev–Trinajstić information content (AvgIpc) is 1.97. The van der Waals surface area contributed by atoms with Gasteiger partial charge in [-0.05, 0) is 22.7 Å². The maximum Gasteiger partial charge on any atom is 0.212 e. The van der Waals surface area contributed by atoms with Crippen molar-refractivity contribution in [2.45, 2.75) is 48.0 Å². The Balaban J connectivity index is 3.27. The van der Waals surface area contributed by atoms with Gasteiger partial charge in [0.25, 0.3) is 0 Å². The van der Waals surface area contributed by atoms with E-state index in [-0.39, 0.29) is 22.0 Å². The number of hydrogen-bond donors (Lipinski definition) is 1. The molecular weight excluding hydrogens is 222 g/mol. The van der Waals surface area contributed by atoms with Gasteiger partial charge >= 0.3 is 0 Å². The van der Waals surface area contributed by atoms with E-state index in [9.17, 15) is 8.42 Å². The minimum atomic E-state index is -3.11. The smallest absolute Gasteiger partial charge is 0.212 e. The van der Waals surface area contributed by atoms with E-state index in [4.69, 9.17) is 0 Å². The molecule has 0 aromatic carbocycles. The predicted molar refractivity (Wildman–Crippen MR) is 67.7 cm³/mol. The molecule has 0 spiro atoms. The van der Waals surface area contributed by atoms with Crippen LogP contribution in [-0.2, 0) is 10.0 Å². The van der Waals surface area contributed by atoms with E-state index in [0.29, 0.717) is 6.54 Å². The molecular formula is C12H25NO2S. The Morgan fingerprint density at radius 3 is 1.69 bits per heavy atom. The van der Waals surface area contributed by atoms with Crippen molar-refractivity contribution in [2.24, 2.45) is 16.2 Å². The fourth-order valence-corrected chi connectivity index (χ4v) is 5.35. The molecule has 4 heteroatoms. The summed E-state index contributed by atoms with van der Waals surface area (Å²) >= 11 is 0. The standard InChI is InChI=1S/C12H25NO2S/c1-10(2,3)12(11(4,5)6)7-8-13-16(14,15)9-12/h13H,7-9H2,1-6H3. The fraction of sp³-hybridized carbons (Fsp3) is 1.00. The molecule has 1 N–H and O–H groups in total. The second-order valence-corrected chi connectivity index (χ2v) is 8.79. The largest absolute Gasteiger partial charge is 0.215 e. The Kier molecular flexibility index (Phi) is 3.23. The number of nitrogens with one attached hydrogen (secondary N) is 1. The van der Waals surface area contributed by atoms with E-state index in [1.807, 2.05) is 0 Å². The Hall–Kier alpha value is -0.0900. The molecule has 3 nitrogen and oxygen atoms in total.